The summed E-state index contributed by atoms with van der Waals surface area (Å²) in [5.74, 6) is 1.36. The maximum absolute atomic E-state index is 4.21. The Kier molecular flexibility index (Phi) is 6.94. The Morgan fingerprint density at radius 2 is 1.94 bits per heavy atom. The number of nitrogens with one attached hydrogen (secondary N) is 1. The van der Waals surface area contributed by atoms with E-state index in [0.29, 0.717) is 5.92 Å². The third-order valence-electron chi connectivity index (χ3n) is 2.73. The minimum Gasteiger partial charge on any atom is -0.316 e. The minimum atomic E-state index is 0.625. The van der Waals surface area contributed by atoms with Crippen molar-refractivity contribution < 1.29 is 0 Å². The fourth-order valence-electron chi connectivity index (χ4n) is 1.86. The molecule has 0 aliphatic heterocycles. The molecule has 4 heteroatoms. The van der Waals surface area contributed by atoms with Crippen LogP contribution in [-0.2, 0) is 13.0 Å². The smallest absolute Gasteiger partial charge is 0.0827 e. The first-order valence-corrected chi connectivity index (χ1v) is 7.17. The lowest BCUT2D eigenvalue weighted by Crippen LogP contribution is -2.20. The van der Waals surface area contributed by atoms with Gasteiger partial charge in [0.15, 0.2) is 0 Å². The van der Waals surface area contributed by atoms with Crippen LogP contribution in [0.4, 0.5) is 0 Å². The zero-order valence-electron chi connectivity index (χ0n) is 12.3. The first kappa shape index (κ1) is 15.2. The topological polar surface area (TPSA) is 42.7 Å². The zero-order valence-corrected chi connectivity index (χ0v) is 12.3. The Morgan fingerprint density at radius 1 is 1.17 bits per heavy atom. The van der Waals surface area contributed by atoms with E-state index in [1.165, 1.54) is 12.8 Å². The number of hydrogen-bond acceptors (Lipinski definition) is 3. The fraction of sp³-hybridized carbons (Fsp3) is 0.857. The Balaban J connectivity index is 2.10. The van der Waals surface area contributed by atoms with Crippen molar-refractivity contribution in [3.63, 3.8) is 0 Å². The van der Waals surface area contributed by atoms with Gasteiger partial charge in [0.25, 0.3) is 0 Å². The van der Waals surface area contributed by atoms with Gasteiger partial charge in [0.1, 0.15) is 0 Å². The maximum Gasteiger partial charge on any atom is 0.0827 e. The van der Waals surface area contributed by atoms with E-state index in [-0.39, 0.29) is 0 Å². The average Bonchev–Trinajstić information content (AvgIpc) is 2.69. The number of aryl methyl sites for hydroxylation is 1. The third kappa shape index (κ3) is 6.74. The molecule has 0 bridgehead atoms. The average molecular weight is 252 g/mol. The summed E-state index contributed by atoms with van der Waals surface area (Å²) in [6.07, 6.45) is 5.53. The fourth-order valence-corrected chi connectivity index (χ4v) is 1.86. The van der Waals surface area contributed by atoms with Crippen LogP contribution < -0.4 is 5.32 Å². The van der Waals surface area contributed by atoms with Crippen molar-refractivity contribution in [3.05, 3.63) is 11.9 Å². The van der Waals surface area contributed by atoms with Gasteiger partial charge in [-0.25, -0.2) is 0 Å². The van der Waals surface area contributed by atoms with Crippen molar-refractivity contribution in [3.8, 4) is 0 Å². The molecular weight excluding hydrogens is 224 g/mol. The van der Waals surface area contributed by atoms with E-state index in [2.05, 4.69) is 49.5 Å². The van der Waals surface area contributed by atoms with Crippen LogP contribution in [0.1, 0.15) is 46.2 Å². The predicted molar refractivity (Wildman–Crippen MR) is 75.5 cm³/mol. The molecule has 0 saturated carbocycles. The highest BCUT2D eigenvalue weighted by Crippen LogP contribution is 2.03. The van der Waals surface area contributed by atoms with Gasteiger partial charge in [-0.1, -0.05) is 32.9 Å². The van der Waals surface area contributed by atoms with Gasteiger partial charge in [-0.3, -0.25) is 4.68 Å². The van der Waals surface area contributed by atoms with Crippen molar-refractivity contribution >= 4 is 0 Å². The van der Waals surface area contributed by atoms with Crippen molar-refractivity contribution in [1.82, 2.24) is 20.3 Å². The SMILES string of the molecule is CC(C)CNCCCCc1cn(CC(C)C)nn1. The summed E-state index contributed by atoms with van der Waals surface area (Å²) in [5.41, 5.74) is 1.12. The highest BCUT2D eigenvalue weighted by molar-refractivity contribution is 4.92. The van der Waals surface area contributed by atoms with E-state index in [4.69, 9.17) is 0 Å². The number of unbranched alkanes of at least 4 members (excludes halogenated alkanes) is 1. The van der Waals surface area contributed by atoms with E-state index in [1.807, 2.05) is 4.68 Å². The molecule has 1 aromatic rings. The highest BCUT2D eigenvalue weighted by Gasteiger charge is 2.02. The summed E-state index contributed by atoms with van der Waals surface area (Å²) in [6.45, 7) is 12.1. The molecule has 0 saturated heterocycles. The van der Waals surface area contributed by atoms with E-state index in [9.17, 15) is 0 Å². The molecule has 18 heavy (non-hydrogen) atoms. The van der Waals surface area contributed by atoms with Gasteiger partial charge in [0.2, 0.25) is 0 Å². The molecule has 0 fully saturated rings. The lowest BCUT2D eigenvalue weighted by molar-refractivity contribution is 0.472. The van der Waals surface area contributed by atoms with Crippen LogP contribution in [0.3, 0.4) is 0 Å². The molecule has 0 amide bonds. The second-order valence-electron chi connectivity index (χ2n) is 5.88. The van der Waals surface area contributed by atoms with Crippen LogP contribution in [-0.4, -0.2) is 28.1 Å². The van der Waals surface area contributed by atoms with E-state index < -0.39 is 0 Å². The summed E-state index contributed by atoms with van der Waals surface area (Å²) in [4.78, 5) is 0. The number of rotatable bonds is 9. The van der Waals surface area contributed by atoms with E-state index in [0.717, 1.165) is 37.7 Å². The highest BCUT2D eigenvalue weighted by atomic mass is 15.4. The van der Waals surface area contributed by atoms with Gasteiger partial charge >= 0.3 is 0 Å². The molecule has 0 radical (unpaired) electrons. The molecule has 1 aromatic heterocycles. The molecule has 1 heterocycles. The van der Waals surface area contributed by atoms with Crippen molar-refractivity contribution in [2.75, 3.05) is 13.1 Å². The van der Waals surface area contributed by atoms with Gasteiger partial charge in [0, 0.05) is 12.7 Å². The lowest BCUT2D eigenvalue weighted by atomic mass is 10.2. The van der Waals surface area contributed by atoms with Crippen LogP contribution in [0, 0.1) is 11.8 Å². The molecule has 0 atom stereocenters. The summed E-state index contributed by atoms with van der Waals surface area (Å²) >= 11 is 0. The van der Waals surface area contributed by atoms with Crippen LogP contribution in [0.5, 0.6) is 0 Å². The van der Waals surface area contributed by atoms with E-state index in [1.54, 1.807) is 0 Å². The Bertz CT molecular complexity index is 317. The standard InChI is InChI=1S/C14H28N4/c1-12(2)9-15-8-6-5-7-14-11-18(17-16-14)10-13(3)4/h11-13,15H,5-10H2,1-4H3. The molecule has 1 rings (SSSR count). The van der Waals surface area contributed by atoms with Gasteiger partial charge in [0.05, 0.1) is 5.69 Å². The zero-order chi connectivity index (χ0) is 13.4. The van der Waals surface area contributed by atoms with Crippen LogP contribution in [0.15, 0.2) is 6.20 Å². The van der Waals surface area contributed by atoms with Crippen molar-refractivity contribution in [2.24, 2.45) is 11.8 Å². The molecule has 0 spiro atoms. The van der Waals surface area contributed by atoms with Crippen molar-refractivity contribution in [2.45, 2.75) is 53.5 Å². The van der Waals surface area contributed by atoms with Gasteiger partial charge in [-0.05, 0) is 44.2 Å². The monoisotopic (exact) mass is 252 g/mol. The molecule has 0 aliphatic rings. The first-order chi connectivity index (χ1) is 8.58. The maximum atomic E-state index is 4.21. The van der Waals surface area contributed by atoms with Gasteiger partial charge in [-0.2, -0.15) is 0 Å². The van der Waals surface area contributed by atoms with Crippen LogP contribution >= 0.6 is 0 Å². The number of hydrogen-bond donors (Lipinski definition) is 1. The second kappa shape index (κ2) is 8.25. The molecule has 1 N–H and O–H groups in total. The Hall–Kier alpha value is -0.900. The number of nitrogens with zero attached hydrogens (tertiary/aromatic N) is 3. The molecule has 104 valence electrons. The largest absolute Gasteiger partial charge is 0.316 e. The lowest BCUT2D eigenvalue weighted by Gasteiger charge is -2.06. The van der Waals surface area contributed by atoms with Gasteiger partial charge in [-0.15, -0.1) is 5.10 Å². The first-order valence-electron chi connectivity index (χ1n) is 7.17. The molecule has 0 aliphatic carbocycles. The molecule has 0 unspecified atom stereocenters. The Morgan fingerprint density at radius 3 is 2.61 bits per heavy atom. The van der Waals surface area contributed by atoms with Crippen LogP contribution in [0.2, 0.25) is 0 Å². The third-order valence-corrected chi connectivity index (χ3v) is 2.73. The summed E-state index contributed by atoms with van der Waals surface area (Å²) < 4.78 is 1.96. The van der Waals surface area contributed by atoms with Crippen molar-refractivity contribution in [1.29, 1.82) is 0 Å². The van der Waals surface area contributed by atoms with Crippen LogP contribution in [0.25, 0.3) is 0 Å². The number of aromatic nitrogens is 3. The minimum absolute atomic E-state index is 0.625. The summed E-state index contributed by atoms with van der Waals surface area (Å²) in [5, 5.41) is 11.8. The Labute approximate surface area is 111 Å². The molecular formula is C14H28N4. The normalized spacial score (nSPS) is 11.7. The quantitative estimate of drug-likeness (QED) is 0.687. The summed E-state index contributed by atoms with van der Waals surface area (Å²) in [6, 6.07) is 0. The van der Waals surface area contributed by atoms with E-state index >= 15 is 0 Å². The second-order valence-corrected chi connectivity index (χ2v) is 5.88. The molecule has 4 nitrogen and oxygen atoms in total. The summed E-state index contributed by atoms with van der Waals surface area (Å²) in [7, 11) is 0. The molecule has 0 aromatic carbocycles. The predicted octanol–water partition coefficient (Wildman–Crippen LogP) is 2.50. The van der Waals surface area contributed by atoms with Gasteiger partial charge < -0.3 is 5.32 Å².